The van der Waals surface area contributed by atoms with Gasteiger partial charge in [-0.15, -0.1) is 0 Å². The van der Waals surface area contributed by atoms with Crippen LogP contribution in [0.25, 0.3) is 0 Å². The van der Waals surface area contributed by atoms with Gasteiger partial charge in [-0.1, -0.05) is 30.3 Å². The Morgan fingerprint density at radius 2 is 1.90 bits per heavy atom. The van der Waals surface area contributed by atoms with E-state index >= 15 is 0 Å². The summed E-state index contributed by atoms with van der Waals surface area (Å²) < 4.78 is 9.90. The Balaban J connectivity index is 2.01. The van der Waals surface area contributed by atoms with Crippen molar-refractivity contribution in [1.82, 2.24) is 16.0 Å². The topological polar surface area (TPSA) is 123 Å². The molecule has 1 fully saturated rings. The summed E-state index contributed by atoms with van der Waals surface area (Å²) in [5, 5.41) is 7.86. The lowest BCUT2D eigenvalue weighted by Gasteiger charge is -2.23. The minimum absolute atomic E-state index is 0.0479. The largest absolute Gasteiger partial charge is 0.467 e. The molecule has 1 aromatic carbocycles. The van der Waals surface area contributed by atoms with Gasteiger partial charge in [0.1, 0.15) is 18.7 Å². The predicted molar refractivity (Wildman–Crippen MR) is 104 cm³/mol. The maximum atomic E-state index is 12.7. The molecular formula is C20H27N3O6. The van der Waals surface area contributed by atoms with E-state index < -0.39 is 30.1 Å². The van der Waals surface area contributed by atoms with Gasteiger partial charge < -0.3 is 25.4 Å². The van der Waals surface area contributed by atoms with Crippen molar-refractivity contribution in [3.63, 3.8) is 0 Å². The lowest BCUT2D eigenvalue weighted by atomic mass is 10.1. The summed E-state index contributed by atoms with van der Waals surface area (Å²) in [7, 11) is 1.25. The third-order valence-electron chi connectivity index (χ3n) is 4.53. The Labute approximate surface area is 169 Å². The van der Waals surface area contributed by atoms with E-state index in [9.17, 15) is 19.2 Å². The zero-order chi connectivity index (χ0) is 21.1. The Morgan fingerprint density at radius 1 is 1.14 bits per heavy atom. The van der Waals surface area contributed by atoms with E-state index in [-0.39, 0.29) is 25.4 Å². The summed E-state index contributed by atoms with van der Waals surface area (Å²) in [6, 6.07) is 7.28. The molecule has 9 heteroatoms. The number of esters is 1. The van der Waals surface area contributed by atoms with Gasteiger partial charge in [0, 0.05) is 13.0 Å². The zero-order valence-corrected chi connectivity index (χ0v) is 16.4. The van der Waals surface area contributed by atoms with Crippen LogP contribution < -0.4 is 16.0 Å². The van der Waals surface area contributed by atoms with Gasteiger partial charge in [0.25, 0.3) is 0 Å². The van der Waals surface area contributed by atoms with Gasteiger partial charge in [-0.3, -0.25) is 9.59 Å². The first-order valence-corrected chi connectivity index (χ1v) is 9.61. The number of ether oxygens (including phenoxy) is 2. The van der Waals surface area contributed by atoms with Gasteiger partial charge in [0.2, 0.25) is 11.8 Å². The fourth-order valence-corrected chi connectivity index (χ4v) is 2.90. The molecule has 1 heterocycles. The summed E-state index contributed by atoms with van der Waals surface area (Å²) in [4.78, 5) is 48.7. The number of carbonyl (C=O) groups is 4. The molecule has 2 atom stereocenters. The number of amides is 3. The number of nitrogens with one attached hydrogen (secondary N) is 3. The van der Waals surface area contributed by atoms with Crippen LogP contribution in [0.1, 0.15) is 37.7 Å². The fourth-order valence-electron chi connectivity index (χ4n) is 2.90. The van der Waals surface area contributed by atoms with Crippen molar-refractivity contribution in [3.05, 3.63) is 35.9 Å². The SMILES string of the molecule is COC(=O)[C@@H]1CCCCNC(=O)CC[C@H](NC(=O)OCc2ccccc2)C(=O)N1. The van der Waals surface area contributed by atoms with Crippen LogP contribution in [-0.4, -0.2) is 49.6 Å². The molecule has 1 aliphatic rings. The molecule has 1 aliphatic heterocycles. The number of hydrogen-bond donors (Lipinski definition) is 3. The quantitative estimate of drug-likeness (QED) is 0.643. The van der Waals surface area contributed by atoms with Crippen LogP contribution in [0.4, 0.5) is 4.79 Å². The Morgan fingerprint density at radius 3 is 2.62 bits per heavy atom. The summed E-state index contributed by atoms with van der Waals surface area (Å²) >= 11 is 0. The minimum atomic E-state index is -1.02. The molecule has 158 valence electrons. The van der Waals surface area contributed by atoms with Crippen LogP contribution in [0.15, 0.2) is 30.3 Å². The molecule has 0 unspecified atom stereocenters. The number of carbonyl (C=O) groups excluding carboxylic acids is 4. The molecule has 2 rings (SSSR count). The molecule has 3 N–H and O–H groups in total. The fraction of sp³-hybridized carbons (Fsp3) is 0.500. The van der Waals surface area contributed by atoms with Gasteiger partial charge in [-0.2, -0.15) is 0 Å². The molecule has 9 nitrogen and oxygen atoms in total. The number of rotatable bonds is 4. The predicted octanol–water partition coefficient (Wildman–Crippen LogP) is 1.02. The Kier molecular flexibility index (Phi) is 8.94. The smallest absolute Gasteiger partial charge is 0.408 e. The van der Waals surface area contributed by atoms with Crippen molar-refractivity contribution in [2.24, 2.45) is 0 Å². The van der Waals surface area contributed by atoms with Gasteiger partial charge in [-0.25, -0.2) is 9.59 Å². The summed E-state index contributed by atoms with van der Waals surface area (Å²) in [5.74, 6) is -1.32. The van der Waals surface area contributed by atoms with Crippen LogP contribution in [0, 0.1) is 0 Å². The summed E-state index contributed by atoms with van der Waals surface area (Å²) in [6.07, 6.45) is 1.03. The highest BCUT2D eigenvalue weighted by molar-refractivity contribution is 5.90. The molecule has 0 aromatic heterocycles. The first-order valence-electron chi connectivity index (χ1n) is 9.61. The first kappa shape index (κ1) is 22.2. The number of alkyl carbamates (subject to hydrolysis) is 1. The van der Waals surface area contributed by atoms with E-state index in [0.29, 0.717) is 25.8 Å². The standard InChI is InChI=1S/C20H27N3O6/c1-28-19(26)16-9-5-6-12-21-17(24)11-10-15(18(25)22-16)23-20(27)29-13-14-7-3-2-4-8-14/h2-4,7-8,15-16H,5-6,9-13H2,1H3,(H,21,24)(H,22,25)(H,23,27)/t15-,16-/m0/s1. The van der Waals surface area contributed by atoms with Crippen molar-refractivity contribution < 1.29 is 28.7 Å². The minimum Gasteiger partial charge on any atom is -0.467 e. The van der Waals surface area contributed by atoms with Gasteiger partial charge in [0.15, 0.2) is 0 Å². The van der Waals surface area contributed by atoms with Gasteiger partial charge in [-0.05, 0) is 31.2 Å². The molecule has 3 amide bonds. The van der Waals surface area contributed by atoms with E-state index in [2.05, 4.69) is 16.0 Å². The second-order valence-electron chi connectivity index (χ2n) is 6.73. The average molecular weight is 405 g/mol. The van der Waals surface area contributed by atoms with Crippen molar-refractivity contribution in [2.45, 2.75) is 50.8 Å². The molecule has 29 heavy (non-hydrogen) atoms. The second-order valence-corrected chi connectivity index (χ2v) is 6.73. The van der Waals surface area contributed by atoms with Crippen molar-refractivity contribution in [3.8, 4) is 0 Å². The first-order chi connectivity index (χ1) is 14.0. The van der Waals surface area contributed by atoms with E-state index in [0.717, 1.165) is 5.56 Å². The molecule has 0 radical (unpaired) electrons. The highest BCUT2D eigenvalue weighted by Crippen LogP contribution is 2.08. The van der Waals surface area contributed by atoms with E-state index in [1.165, 1.54) is 7.11 Å². The third kappa shape index (κ3) is 7.81. The normalized spacial score (nSPS) is 20.9. The Hall–Kier alpha value is -3.10. The summed E-state index contributed by atoms with van der Waals surface area (Å²) in [6.45, 7) is 0.532. The monoisotopic (exact) mass is 405 g/mol. The maximum Gasteiger partial charge on any atom is 0.408 e. The molecule has 1 saturated heterocycles. The molecule has 1 aromatic rings. The lowest BCUT2D eigenvalue weighted by molar-refractivity contribution is -0.145. The molecule has 0 spiro atoms. The lowest BCUT2D eigenvalue weighted by Crippen LogP contribution is -2.52. The third-order valence-corrected chi connectivity index (χ3v) is 4.53. The van der Waals surface area contributed by atoms with Crippen LogP contribution in [0.5, 0.6) is 0 Å². The number of methoxy groups -OCH3 is 1. The zero-order valence-electron chi connectivity index (χ0n) is 16.4. The molecule has 0 bridgehead atoms. The summed E-state index contributed by atoms with van der Waals surface area (Å²) in [5.41, 5.74) is 0.802. The molecule has 0 saturated carbocycles. The van der Waals surface area contributed by atoms with E-state index in [1.807, 2.05) is 18.2 Å². The molecular weight excluding hydrogens is 378 g/mol. The second kappa shape index (κ2) is 11.7. The van der Waals surface area contributed by atoms with Crippen LogP contribution in [0.3, 0.4) is 0 Å². The van der Waals surface area contributed by atoms with Crippen molar-refractivity contribution >= 4 is 23.9 Å². The Bertz CT molecular complexity index is 709. The van der Waals surface area contributed by atoms with Gasteiger partial charge in [0.05, 0.1) is 7.11 Å². The van der Waals surface area contributed by atoms with E-state index in [4.69, 9.17) is 9.47 Å². The van der Waals surface area contributed by atoms with Crippen molar-refractivity contribution in [1.29, 1.82) is 0 Å². The van der Waals surface area contributed by atoms with Crippen LogP contribution in [-0.2, 0) is 30.5 Å². The van der Waals surface area contributed by atoms with Crippen molar-refractivity contribution in [2.75, 3.05) is 13.7 Å². The van der Waals surface area contributed by atoms with Gasteiger partial charge >= 0.3 is 12.1 Å². The van der Waals surface area contributed by atoms with Crippen LogP contribution >= 0.6 is 0 Å². The number of benzene rings is 1. The highest BCUT2D eigenvalue weighted by Gasteiger charge is 2.28. The molecule has 0 aliphatic carbocycles. The van der Waals surface area contributed by atoms with E-state index in [1.54, 1.807) is 12.1 Å². The maximum absolute atomic E-state index is 12.7. The average Bonchev–Trinajstić information content (AvgIpc) is 2.73. The number of hydrogen-bond acceptors (Lipinski definition) is 6. The van der Waals surface area contributed by atoms with Crippen LogP contribution in [0.2, 0.25) is 0 Å². The highest BCUT2D eigenvalue weighted by atomic mass is 16.5.